The van der Waals surface area contributed by atoms with Gasteiger partial charge in [-0.1, -0.05) is 26.0 Å². The van der Waals surface area contributed by atoms with Crippen LogP contribution in [0.2, 0.25) is 0 Å². The average Bonchev–Trinajstić information content (AvgIpc) is 2.61. The third-order valence-electron chi connectivity index (χ3n) is 3.81. The first-order valence-corrected chi connectivity index (χ1v) is 9.88. The van der Waals surface area contributed by atoms with E-state index in [1.165, 1.54) is 48.5 Å². The van der Waals surface area contributed by atoms with Crippen LogP contribution < -0.4 is 10.0 Å². The molecule has 2 rings (SSSR count). The number of nitrogens with one attached hydrogen (secondary N) is 2. The van der Waals surface area contributed by atoms with E-state index in [4.69, 9.17) is 0 Å². The summed E-state index contributed by atoms with van der Waals surface area (Å²) in [6.07, 6.45) is 0.880. The summed E-state index contributed by atoms with van der Waals surface area (Å²) in [6, 6.07) is 11.3. The molecule has 7 heteroatoms. The Balaban J connectivity index is 1.97. The molecule has 0 atom stereocenters. The summed E-state index contributed by atoms with van der Waals surface area (Å²) in [7, 11) is -3.71. The monoisotopic (exact) mass is 378 g/mol. The lowest BCUT2D eigenvalue weighted by atomic mass is 10.1. The summed E-state index contributed by atoms with van der Waals surface area (Å²) < 4.78 is 40.0. The van der Waals surface area contributed by atoms with Crippen LogP contribution in [-0.2, 0) is 16.6 Å². The number of halogens is 1. The molecule has 2 N–H and O–H groups in total. The predicted molar refractivity (Wildman–Crippen MR) is 98.7 cm³/mol. The minimum atomic E-state index is -3.71. The van der Waals surface area contributed by atoms with E-state index in [1.807, 2.05) is 0 Å². The molecular weight excluding hydrogens is 355 g/mol. The Kier molecular flexibility index (Phi) is 6.88. The zero-order valence-electron chi connectivity index (χ0n) is 14.8. The molecule has 5 nitrogen and oxygen atoms in total. The second kappa shape index (κ2) is 8.91. The van der Waals surface area contributed by atoms with Gasteiger partial charge in [0.1, 0.15) is 5.82 Å². The van der Waals surface area contributed by atoms with E-state index in [-0.39, 0.29) is 23.2 Å². The molecule has 0 saturated carbocycles. The van der Waals surface area contributed by atoms with Crippen LogP contribution in [0.3, 0.4) is 0 Å². The van der Waals surface area contributed by atoms with Gasteiger partial charge in [0.15, 0.2) is 0 Å². The standard InChI is InChI=1S/C19H23FN2O3S/c1-14(2)11-12-21-19(23)16-5-9-18(10-6-16)26(24,25)22-13-15-3-7-17(20)8-4-15/h3-10,14,22H,11-13H2,1-2H3,(H,21,23). The summed E-state index contributed by atoms with van der Waals surface area (Å²) in [4.78, 5) is 12.1. The van der Waals surface area contributed by atoms with Crippen LogP contribution in [0.4, 0.5) is 4.39 Å². The van der Waals surface area contributed by atoms with Gasteiger partial charge >= 0.3 is 0 Å². The molecule has 0 heterocycles. The van der Waals surface area contributed by atoms with Crippen LogP contribution in [0.5, 0.6) is 0 Å². The van der Waals surface area contributed by atoms with Crippen molar-refractivity contribution in [1.82, 2.24) is 10.0 Å². The number of carbonyl (C=O) groups excluding carboxylic acids is 1. The first kappa shape index (κ1) is 20.1. The normalized spacial score (nSPS) is 11.5. The van der Waals surface area contributed by atoms with Crippen molar-refractivity contribution in [3.63, 3.8) is 0 Å². The first-order valence-electron chi connectivity index (χ1n) is 8.40. The van der Waals surface area contributed by atoms with E-state index < -0.39 is 10.0 Å². The summed E-state index contributed by atoms with van der Waals surface area (Å²) in [5.41, 5.74) is 1.06. The molecule has 0 bridgehead atoms. The molecule has 0 unspecified atom stereocenters. The van der Waals surface area contributed by atoms with Gasteiger partial charge in [-0.25, -0.2) is 17.5 Å². The number of benzene rings is 2. The van der Waals surface area contributed by atoms with Crippen LogP contribution in [0.1, 0.15) is 36.2 Å². The molecule has 0 aromatic heterocycles. The Hall–Kier alpha value is -2.25. The fourth-order valence-corrected chi connectivity index (χ4v) is 3.24. The minimum Gasteiger partial charge on any atom is -0.352 e. The Morgan fingerprint density at radius 3 is 2.23 bits per heavy atom. The third-order valence-corrected chi connectivity index (χ3v) is 5.23. The zero-order valence-corrected chi connectivity index (χ0v) is 15.6. The van der Waals surface area contributed by atoms with Crippen molar-refractivity contribution in [3.8, 4) is 0 Å². The molecule has 1 amide bonds. The van der Waals surface area contributed by atoms with E-state index >= 15 is 0 Å². The highest BCUT2D eigenvalue weighted by atomic mass is 32.2. The van der Waals surface area contributed by atoms with Gasteiger partial charge in [0.2, 0.25) is 10.0 Å². The van der Waals surface area contributed by atoms with Gasteiger partial charge in [-0.05, 0) is 54.3 Å². The molecule has 0 fully saturated rings. The fraction of sp³-hybridized carbons (Fsp3) is 0.316. The van der Waals surface area contributed by atoms with Crippen molar-refractivity contribution in [2.24, 2.45) is 5.92 Å². The molecule has 0 aliphatic rings. The van der Waals surface area contributed by atoms with Gasteiger partial charge < -0.3 is 5.32 Å². The second-order valence-corrected chi connectivity index (χ2v) is 8.18. The molecule has 2 aromatic carbocycles. The van der Waals surface area contributed by atoms with E-state index in [0.29, 0.717) is 23.6 Å². The molecule has 2 aromatic rings. The van der Waals surface area contributed by atoms with Gasteiger partial charge in [-0.2, -0.15) is 0 Å². The van der Waals surface area contributed by atoms with Crippen LogP contribution in [0.25, 0.3) is 0 Å². The number of rotatable bonds is 8. The van der Waals surface area contributed by atoms with Crippen LogP contribution in [-0.4, -0.2) is 20.9 Å². The zero-order chi connectivity index (χ0) is 19.2. The molecule has 0 radical (unpaired) electrons. The van der Waals surface area contributed by atoms with Crippen molar-refractivity contribution in [3.05, 3.63) is 65.5 Å². The van der Waals surface area contributed by atoms with E-state index in [9.17, 15) is 17.6 Å². The summed E-state index contributed by atoms with van der Waals surface area (Å²) in [6.45, 7) is 4.78. The van der Waals surface area contributed by atoms with Gasteiger partial charge in [0.25, 0.3) is 5.91 Å². The maximum atomic E-state index is 12.9. The van der Waals surface area contributed by atoms with Crippen molar-refractivity contribution < 1.29 is 17.6 Å². The van der Waals surface area contributed by atoms with Gasteiger partial charge in [0, 0.05) is 18.7 Å². The molecule has 140 valence electrons. The van der Waals surface area contributed by atoms with Crippen molar-refractivity contribution >= 4 is 15.9 Å². The van der Waals surface area contributed by atoms with E-state index in [0.717, 1.165) is 6.42 Å². The van der Waals surface area contributed by atoms with Crippen molar-refractivity contribution in [2.75, 3.05) is 6.54 Å². The number of carbonyl (C=O) groups is 1. The highest BCUT2D eigenvalue weighted by Gasteiger charge is 2.15. The van der Waals surface area contributed by atoms with Crippen molar-refractivity contribution in [2.45, 2.75) is 31.7 Å². The second-order valence-electron chi connectivity index (χ2n) is 6.41. The number of hydrogen-bond donors (Lipinski definition) is 2. The van der Waals surface area contributed by atoms with Gasteiger partial charge in [0.05, 0.1) is 4.90 Å². The maximum absolute atomic E-state index is 12.9. The third kappa shape index (κ3) is 5.93. The maximum Gasteiger partial charge on any atom is 0.251 e. The summed E-state index contributed by atoms with van der Waals surface area (Å²) in [5, 5.41) is 2.81. The number of amides is 1. The molecule has 26 heavy (non-hydrogen) atoms. The molecule has 0 aliphatic heterocycles. The molecule has 0 spiro atoms. The SMILES string of the molecule is CC(C)CCNC(=O)c1ccc(S(=O)(=O)NCc2ccc(F)cc2)cc1. The van der Waals surface area contributed by atoms with E-state index in [2.05, 4.69) is 23.9 Å². The Morgan fingerprint density at radius 1 is 1.04 bits per heavy atom. The Morgan fingerprint density at radius 2 is 1.65 bits per heavy atom. The highest BCUT2D eigenvalue weighted by molar-refractivity contribution is 7.89. The Bertz CT molecular complexity index is 832. The Labute approximate surface area is 153 Å². The van der Waals surface area contributed by atoms with Gasteiger partial charge in [-0.3, -0.25) is 4.79 Å². The van der Waals surface area contributed by atoms with Crippen LogP contribution in [0.15, 0.2) is 53.4 Å². The lowest BCUT2D eigenvalue weighted by Crippen LogP contribution is -2.26. The molecule has 0 saturated heterocycles. The topological polar surface area (TPSA) is 75.3 Å². The van der Waals surface area contributed by atoms with Gasteiger partial charge in [-0.15, -0.1) is 0 Å². The summed E-state index contributed by atoms with van der Waals surface area (Å²) >= 11 is 0. The summed E-state index contributed by atoms with van der Waals surface area (Å²) in [5.74, 6) is -0.109. The fourth-order valence-electron chi connectivity index (χ4n) is 2.23. The average molecular weight is 378 g/mol. The van der Waals surface area contributed by atoms with E-state index in [1.54, 1.807) is 0 Å². The lowest BCUT2D eigenvalue weighted by molar-refractivity contribution is 0.0952. The quantitative estimate of drug-likeness (QED) is 0.741. The minimum absolute atomic E-state index is 0.0556. The predicted octanol–water partition coefficient (Wildman–Crippen LogP) is 3.08. The highest BCUT2D eigenvalue weighted by Crippen LogP contribution is 2.12. The first-order chi connectivity index (χ1) is 12.3. The number of hydrogen-bond acceptors (Lipinski definition) is 3. The van der Waals surface area contributed by atoms with Crippen LogP contribution >= 0.6 is 0 Å². The van der Waals surface area contributed by atoms with Crippen LogP contribution in [0, 0.1) is 11.7 Å². The lowest BCUT2D eigenvalue weighted by Gasteiger charge is -2.09. The van der Waals surface area contributed by atoms with Crippen molar-refractivity contribution in [1.29, 1.82) is 0 Å². The smallest absolute Gasteiger partial charge is 0.251 e. The largest absolute Gasteiger partial charge is 0.352 e. The molecule has 0 aliphatic carbocycles. The number of sulfonamides is 1. The molecular formula is C19H23FN2O3S.